The van der Waals surface area contributed by atoms with Gasteiger partial charge in [-0.15, -0.1) is 5.10 Å². The van der Waals surface area contributed by atoms with E-state index in [2.05, 4.69) is 36.0 Å². The monoisotopic (exact) mass is 381 g/mol. The molecule has 2 heterocycles. The molecule has 22 heavy (non-hydrogen) atoms. The van der Waals surface area contributed by atoms with Crippen LogP contribution in [-0.2, 0) is 0 Å². The molecule has 1 aromatic carbocycles. The summed E-state index contributed by atoms with van der Waals surface area (Å²) in [5.41, 5.74) is 6.23. The second-order valence-electron chi connectivity index (χ2n) is 4.17. The molecule has 11 heteroatoms. The van der Waals surface area contributed by atoms with E-state index in [4.69, 9.17) is 5.73 Å². The van der Waals surface area contributed by atoms with E-state index in [1.807, 2.05) is 6.26 Å². The van der Waals surface area contributed by atoms with Crippen molar-refractivity contribution < 1.29 is 4.92 Å². The van der Waals surface area contributed by atoms with E-state index in [0.717, 1.165) is 0 Å². The molecule has 0 spiro atoms. The first kappa shape index (κ1) is 14.7. The predicted molar refractivity (Wildman–Crippen MR) is 84.6 cm³/mol. The maximum Gasteiger partial charge on any atom is 0.271 e. The Labute approximate surface area is 136 Å². The van der Waals surface area contributed by atoms with Crippen LogP contribution < -0.4 is 5.73 Å². The van der Waals surface area contributed by atoms with Crippen molar-refractivity contribution in [3.05, 3.63) is 32.8 Å². The zero-order valence-corrected chi connectivity index (χ0v) is 13.5. The molecule has 2 N–H and O–H groups in total. The van der Waals surface area contributed by atoms with Crippen LogP contribution in [0.4, 0.5) is 11.6 Å². The average molecular weight is 382 g/mol. The average Bonchev–Trinajstić information content (AvgIpc) is 2.91. The molecule has 0 aliphatic rings. The number of hydrogen-bond donors (Lipinski definition) is 1. The number of halogens is 1. The smallest absolute Gasteiger partial charge is 0.271 e. The normalized spacial score (nSPS) is 11.0. The van der Waals surface area contributed by atoms with Gasteiger partial charge in [0.05, 0.1) is 4.92 Å². The van der Waals surface area contributed by atoms with Crippen molar-refractivity contribution in [1.82, 2.24) is 24.6 Å². The Bertz CT molecular complexity index is 898. The van der Waals surface area contributed by atoms with E-state index in [0.29, 0.717) is 15.2 Å². The lowest BCUT2D eigenvalue weighted by Gasteiger charge is -1.98. The van der Waals surface area contributed by atoms with Gasteiger partial charge in [-0.25, -0.2) is 0 Å². The lowest BCUT2D eigenvalue weighted by Crippen LogP contribution is -2.04. The van der Waals surface area contributed by atoms with Crippen LogP contribution in [0, 0.1) is 10.1 Å². The van der Waals surface area contributed by atoms with Crippen molar-refractivity contribution >= 4 is 45.1 Å². The number of nitrogens with two attached hydrogens (primary N) is 1. The van der Waals surface area contributed by atoms with Crippen molar-refractivity contribution in [2.75, 3.05) is 12.0 Å². The van der Waals surface area contributed by atoms with Crippen LogP contribution in [0.25, 0.3) is 17.2 Å². The summed E-state index contributed by atoms with van der Waals surface area (Å²) in [5, 5.41) is 15.6. The number of nitrogens with zero attached hydrogens (tertiary/aromatic N) is 6. The summed E-state index contributed by atoms with van der Waals surface area (Å²) >= 11 is 4.57. The molecule has 0 fully saturated rings. The van der Waals surface area contributed by atoms with Crippen LogP contribution >= 0.6 is 27.7 Å². The zero-order valence-electron chi connectivity index (χ0n) is 11.1. The Morgan fingerprint density at radius 1 is 1.32 bits per heavy atom. The molecular weight excluding hydrogens is 374 g/mol. The SMILES string of the molecule is CSc1nc(N)n2nc(-c3cc(Br)cc([N+](=O)[O-])c3)nc2n1. The molecule has 112 valence electrons. The third-order valence-corrected chi connectivity index (χ3v) is 3.75. The second kappa shape index (κ2) is 5.50. The number of benzene rings is 1. The minimum absolute atomic E-state index is 0.0629. The van der Waals surface area contributed by atoms with Crippen molar-refractivity contribution in [2.24, 2.45) is 0 Å². The fourth-order valence-electron chi connectivity index (χ4n) is 1.81. The summed E-state index contributed by atoms with van der Waals surface area (Å²) in [7, 11) is 0. The number of anilines is 1. The number of hydrogen-bond acceptors (Lipinski definition) is 8. The van der Waals surface area contributed by atoms with Crippen LogP contribution in [-0.4, -0.2) is 35.7 Å². The lowest BCUT2D eigenvalue weighted by atomic mass is 10.2. The van der Waals surface area contributed by atoms with Crippen molar-refractivity contribution in [1.29, 1.82) is 0 Å². The van der Waals surface area contributed by atoms with Gasteiger partial charge in [-0.05, 0) is 12.3 Å². The first-order valence-corrected chi connectivity index (χ1v) is 7.89. The number of nitro benzene ring substituents is 1. The van der Waals surface area contributed by atoms with E-state index in [9.17, 15) is 10.1 Å². The summed E-state index contributed by atoms with van der Waals surface area (Å²) in [5.74, 6) is 0.718. The number of non-ortho nitro benzene ring substituents is 1. The van der Waals surface area contributed by atoms with Crippen molar-refractivity contribution in [2.45, 2.75) is 5.16 Å². The van der Waals surface area contributed by atoms with Crippen LogP contribution in [0.5, 0.6) is 0 Å². The van der Waals surface area contributed by atoms with Gasteiger partial charge in [0.15, 0.2) is 11.0 Å². The molecule has 0 saturated heterocycles. The van der Waals surface area contributed by atoms with Gasteiger partial charge in [0, 0.05) is 22.2 Å². The van der Waals surface area contributed by atoms with Gasteiger partial charge in [0.2, 0.25) is 5.95 Å². The number of rotatable bonds is 3. The summed E-state index contributed by atoms with van der Waals surface area (Å²) in [6, 6.07) is 4.47. The minimum Gasteiger partial charge on any atom is -0.368 e. The van der Waals surface area contributed by atoms with Crippen LogP contribution in [0.1, 0.15) is 0 Å². The Balaban J connectivity index is 2.18. The number of fused-ring (bicyclic) bond motifs is 1. The quantitative estimate of drug-likeness (QED) is 0.415. The molecule has 2 aromatic heterocycles. The van der Waals surface area contributed by atoms with E-state index in [1.54, 1.807) is 6.07 Å². The second-order valence-corrected chi connectivity index (χ2v) is 5.86. The summed E-state index contributed by atoms with van der Waals surface area (Å²) in [6.07, 6.45) is 1.82. The first-order valence-electron chi connectivity index (χ1n) is 5.87. The van der Waals surface area contributed by atoms with Crippen molar-refractivity contribution in [3.8, 4) is 11.4 Å². The van der Waals surface area contributed by atoms with Gasteiger partial charge in [0.1, 0.15) is 0 Å². The number of nitrogen functional groups attached to an aromatic ring is 1. The van der Waals surface area contributed by atoms with Gasteiger partial charge in [-0.2, -0.15) is 19.5 Å². The van der Waals surface area contributed by atoms with E-state index < -0.39 is 4.92 Å². The number of nitro groups is 1. The molecule has 0 atom stereocenters. The van der Waals surface area contributed by atoms with E-state index >= 15 is 0 Å². The largest absolute Gasteiger partial charge is 0.368 e. The summed E-state index contributed by atoms with van der Waals surface area (Å²) in [4.78, 5) is 23.0. The van der Waals surface area contributed by atoms with Gasteiger partial charge in [0.25, 0.3) is 11.5 Å². The van der Waals surface area contributed by atoms with Gasteiger partial charge in [-0.1, -0.05) is 27.7 Å². The number of aromatic nitrogens is 5. The highest BCUT2D eigenvalue weighted by Crippen LogP contribution is 2.27. The Kier molecular flexibility index (Phi) is 3.66. The maximum absolute atomic E-state index is 10.9. The Hall–Kier alpha value is -2.27. The maximum atomic E-state index is 10.9. The molecule has 3 aromatic rings. The summed E-state index contributed by atoms with van der Waals surface area (Å²) in [6.45, 7) is 0. The molecule has 0 aliphatic carbocycles. The first-order chi connectivity index (χ1) is 10.5. The molecule has 0 unspecified atom stereocenters. The van der Waals surface area contributed by atoms with E-state index in [-0.39, 0.29) is 23.2 Å². The molecule has 0 amide bonds. The third-order valence-electron chi connectivity index (χ3n) is 2.75. The molecule has 0 radical (unpaired) electrons. The molecule has 0 aliphatic heterocycles. The predicted octanol–water partition coefficient (Wildman–Crippen LogP) is 2.16. The fraction of sp³-hybridized carbons (Fsp3) is 0.0909. The van der Waals surface area contributed by atoms with Crippen LogP contribution in [0.15, 0.2) is 27.8 Å². The molecule has 0 saturated carbocycles. The fourth-order valence-corrected chi connectivity index (χ4v) is 2.65. The minimum atomic E-state index is -0.482. The van der Waals surface area contributed by atoms with Gasteiger partial charge >= 0.3 is 0 Å². The molecule has 0 bridgehead atoms. The number of thioether (sulfide) groups is 1. The Morgan fingerprint density at radius 2 is 2.09 bits per heavy atom. The highest BCUT2D eigenvalue weighted by atomic mass is 79.9. The molecule has 3 rings (SSSR count). The zero-order chi connectivity index (χ0) is 15.9. The topological polar surface area (TPSA) is 125 Å². The van der Waals surface area contributed by atoms with Crippen LogP contribution in [0.3, 0.4) is 0 Å². The highest BCUT2D eigenvalue weighted by Gasteiger charge is 2.15. The van der Waals surface area contributed by atoms with Gasteiger partial charge in [-0.3, -0.25) is 10.1 Å². The van der Waals surface area contributed by atoms with Gasteiger partial charge < -0.3 is 5.73 Å². The lowest BCUT2D eigenvalue weighted by molar-refractivity contribution is -0.384. The van der Waals surface area contributed by atoms with E-state index in [1.165, 1.54) is 28.4 Å². The Morgan fingerprint density at radius 3 is 2.77 bits per heavy atom. The van der Waals surface area contributed by atoms with Crippen LogP contribution in [0.2, 0.25) is 0 Å². The third kappa shape index (κ3) is 2.60. The highest BCUT2D eigenvalue weighted by molar-refractivity contribution is 9.10. The molecule has 9 nitrogen and oxygen atoms in total. The standard InChI is InChI=1S/C11H8BrN7O2S/c1-22-11-15-9(13)18-10(16-11)14-8(17-18)5-2-6(12)4-7(3-5)19(20)21/h2-4H,1H3,(H2,13,14,15,16,17). The molecular formula is C11H8BrN7O2S. The van der Waals surface area contributed by atoms with Crippen molar-refractivity contribution in [3.63, 3.8) is 0 Å². The summed E-state index contributed by atoms with van der Waals surface area (Å²) < 4.78 is 1.85.